The standard InChI is InChI=1S/C8H16FN/c1-2-7(9)8-5-3-4-6-10-8/h7-8,10H,2-6H2,1H3/t7-,8+/m0/s1. The van der Waals surface area contributed by atoms with Gasteiger partial charge in [-0.3, -0.25) is 0 Å². The first-order valence-electron chi connectivity index (χ1n) is 4.22. The number of hydrogen-bond donors (Lipinski definition) is 1. The van der Waals surface area contributed by atoms with E-state index in [2.05, 4.69) is 5.32 Å². The van der Waals surface area contributed by atoms with Crippen molar-refractivity contribution in [3.8, 4) is 0 Å². The normalized spacial score (nSPS) is 30.0. The maximum atomic E-state index is 13.0. The van der Waals surface area contributed by atoms with E-state index in [-0.39, 0.29) is 6.04 Å². The number of halogens is 1. The van der Waals surface area contributed by atoms with Gasteiger partial charge < -0.3 is 5.32 Å². The first-order chi connectivity index (χ1) is 4.84. The molecule has 0 unspecified atom stereocenters. The van der Waals surface area contributed by atoms with Crippen LogP contribution in [0.4, 0.5) is 4.39 Å². The van der Waals surface area contributed by atoms with Crippen LogP contribution in [0.25, 0.3) is 0 Å². The molecule has 1 rings (SSSR count). The summed E-state index contributed by atoms with van der Waals surface area (Å²) in [7, 11) is 0. The zero-order valence-corrected chi connectivity index (χ0v) is 6.57. The summed E-state index contributed by atoms with van der Waals surface area (Å²) in [5, 5.41) is 3.19. The molecule has 0 spiro atoms. The van der Waals surface area contributed by atoms with Crippen LogP contribution < -0.4 is 5.32 Å². The number of alkyl halides is 1. The highest BCUT2D eigenvalue weighted by Gasteiger charge is 2.20. The fraction of sp³-hybridized carbons (Fsp3) is 1.00. The van der Waals surface area contributed by atoms with E-state index in [9.17, 15) is 4.39 Å². The predicted molar refractivity (Wildman–Crippen MR) is 40.8 cm³/mol. The lowest BCUT2D eigenvalue weighted by Gasteiger charge is -2.25. The summed E-state index contributed by atoms with van der Waals surface area (Å²) in [5.41, 5.74) is 0. The van der Waals surface area contributed by atoms with Crippen molar-refractivity contribution in [3.05, 3.63) is 0 Å². The van der Waals surface area contributed by atoms with E-state index in [0.29, 0.717) is 6.42 Å². The SMILES string of the molecule is CC[C@H](F)[C@H]1CCCCN1. The second kappa shape index (κ2) is 3.91. The third-order valence-electron chi connectivity index (χ3n) is 2.18. The Balaban J connectivity index is 2.24. The van der Waals surface area contributed by atoms with Gasteiger partial charge in [0.05, 0.1) is 0 Å². The van der Waals surface area contributed by atoms with Crippen LogP contribution >= 0.6 is 0 Å². The predicted octanol–water partition coefficient (Wildman–Crippen LogP) is 1.88. The molecule has 0 aromatic rings. The van der Waals surface area contributed by atoms with Crippen LogP contribution in [0.2, 0.25) is 0 Å². The van der Waals surface area contributed by atoms with E-state index >= 15 is 0 Å². The fourth-order valence-corrected chi connectivity index (χ4v) is 1.47. The maximum Gasteiger partial charge on any atom is 0.115 e. The van der Waals surface area contributed by atoms with E-state index in [1.807, 2.05) is 6.92 Å². The monoisotopic (exact) mass is 145 g/mol. The van der Waals surface area contributed by atoms with Gasteiger partial charge in [0.15, 0.2) is 0 Å². The summed E-state index contributed by atoms with van der Waals surface area (Å²) >= 11 is 0. The van der Waals surface area contributed by atoms with E-state index < -0.39 is 6.17 Å². The van der Waals surface area contributed by atoms with E-state index in [1.165, 1.54) is 12.8 Å². The molecule has 0 bridgehead atoms. The Morgan fingerprint density at radius 3 is 2.90 bits per heavy atom. The molecule has 1 saturated heterocycles. The lowest BCUT2D eigenvalue weighted by molar-refractivity contribution is 0.212. The summed E-state index contributed by atoms with van der Waals surface area (Å²) in [6, 6.07) is 0.152. The summed E-state index contributed by atoms with van der Waals surface area (Å²) in [4.78, 5) is 0. The molecular formula is C8H16FN. The topological polar surface area (TPSA) is 12.0 Å². The van der Waals surface area contributed by atoms with Crippen molar-refractivity contribution in [3.63, 3.8) is 0 Å². The Morgan fingerprint density at radius 2 is 2.40 bits per heavy atom. The average Bonchev–Trinajstić information content (AvgIpc) is 2.05. The van der Waals surface area contributed by atoms with Crippen molar-refractivity contribution in [1.29, 1.82) is 0 Å². The zero-order valence-electron chi connectivity index (χ0n) is 6.57. The minimum atomic E-state index is -0.625. The van der Waals surface area contributed by atoms with Gasteiger partial charge in [0, 0.05) is 6.04 Å². The van der Waals surface area contributed by atoms with E-state index in [0.717, 1.165) is 13.0 Å². The third-order valence-corrected chi connectivity index (χ3v) is 2.18. The van der Waals surface area contributed by atoms with E-state index in [1.54, 1.807) is 0 Å². The number of piperidine rings is 1. The molecule has 0 radical (unpaired) electrons. The molecule has 0 saturated carbocycles. The molecule has 2 atom stereocenters. The lowest BCUT2D eigenvalue weighted by Crippen LogP contribution is -2.40. The Hall–Kier alpha value is -0.110. The van der Waals surface area contributed by atoms with Crippen LogP contribution in [0.1, 0.15) is 32.6 Å². The number of nitrogens with one attached hydrogen (secondary N) is 1. The summed E-state index contributed by atoms with van der Waals surface area (Å²) < 4.78 is 13.0. The molecule has 1 nitrogen and oxygen atoms in total. The van der Waals surface area contributed by atoms with Gasteiger partial charge in [-0.1, -0.05) is 13.3 Å². The van der Waals surface area contributed by atoms with Gasteiger partial charge in [0.25, 0.3) is 0 Å². The van der Waals surface area contributed by atoms with Crippen LogP contribution in [-0.4, -0.2) is 18.8 Å². The van der Waals surface area contributed by atoms with Crippen LogP contribution in [0.15, 0.2) is 0 Å². The summed E-state index contributed by atoms with van der Waals surface area (Å²) in [5.74, 6) is 0. The van der Waals surface area contributed by atoms with Gasteiger partial charge in [-0.2, -0.15) is 0 Å². The minimum Gasteiger partial charge on any atom is -0.311 e. The quantitative estimate of drug-likeness (QED) is 0.625. The molecule has 0 aliphatic carbocycles. The fourth-order valence-electron chi connectivity index (χ4n) is 1.47. The van der Waals surface area contributed by atoms with Crippen molar-refractivity contribution < 1.29 is 4.39 Å². The van der Waals surface area contributed by atoms with Crippen molar-refractivity contribution in [2.24, 2.45) is 0 Å². The van der Waals surface area contributed by atoms with E-state index in [4.69, 9.17) is 0 Å². The minimum absolute atomic E-state index is 0.152. The molecule has 60 valence electrons. The van der Waals surface area contributed by atoms with Gasteiger partial charge in [-0.05, 0) is 25.8 Å². The first-order valence-corrected chi connectivity index (χ1v) is 4.22. The lowest BCUT2D eigenvalue weighted by atomic mass is 10.00. The van der Waals surface area contributed by atoms with Gasteiger partial charge in [-0.15, -0.1) is 0 Å². The summed E-state index contributed by atoms with van der Waals surface area (Å²) in [6.45, 7) is 2.91. The second-order valence-electron chi connectivity index (χ2n) is 2.98. The molecule has 1 aliphatic heterocycles. The van der Waals surface area contributed by atoms with Crippen molar-refractivity contribution in [2.75, 3.05) is 6.54 Å². The Labute approximate surface area is 62.0 Å². The summed E-state index contributed by atoms with van der Waals surface area (Å²) in [6.07, 6.45) is 3.46. The van der Waals surface area contributed by atoms with Crippen molar-refractivity contribution in [2.45, 2.75) is 44.8 Å². The van der Waals surface area contributed by atoms with Gasteiger partial charge >= 0.3 is 0 Å². The maximum absolute atomic E-state index is 13.0. The van der Waals surface area contributed by atoms with Gasteiger partial charge in [0.2, 0.25) is 0 Å². The molecular weight excluding hydrogens is 129 g/mol. The molecule has 1 heterocycles. The molecule has 0 aromatic heterocycles. The molecule has 0 amide bonds. The van der Waals surface area contributed by atoms with Crippen molar-refractivity contribution in [1.82, 2.24) is 5.32 Å². The highest BCUT2D eigenvalue weighted by atomic mass is 19.1. The molecule has 1 N–H and O–H groups in total. The van der Waals surface area contributed by atoms with Crippen molar-refractivity contribution >= 4 is 0 Å². The van der Waals surface area contributed by atoms with Gasteiger partial charge in [0.1, 0.15) is 6.17 Å². The van der Waals surface area contributed by atoms with Gasteiger partial charge in [-0.25, -0.2) is 4.39 Å². The number of hydrogen-bond acceptors (Lipinski definition) is 1. The number of rotatable bonds is 2. The molecule has 0 aromatic carbocycles. The molecule has 10 heavy (non-hydrogen) atoms. The Morgan fingerprint density at radius 1 is 1.60 bits per heavy atom. The highest BCUT2D eigenvalue weighted by molar-refractivity contribution is 4.78. The second-order valence-corrected chi connectivity index (χ2v) is 2.98. The zero-order chi connectivity index (χ0) is 7.40. The van der Waals surface area contributed by atoms with Crippen LogP contribution in [-0.2, 0) is 0 Å². The Kier molecular flexibility index (Phi) is 3.13. The molecule has 1 aliphatic rings. The van der Waals surface area contributed by atoms with Crippen LogP contribution in [0.5, 0.6) is 0 Å². The molecule has 1 fully saturated rings. The first kappa shape index (κ1) is 7.99. The molecule has 2 heteroatoms. The third kappa shape index (κ3) is 1.94. The highest BCUT2D eigenvalue weighted by Crippen LogP contribution is 2.14. The smallest absolute Gasteiger partial charge is 0.115 e. The average molecular weight is 145 g/mol. The van der Waals surface area contributed by atoms with Crippen LogP contribution in [0.3, 0.4) is 0 Å². The Bertz CT molecular complexity index is 89.3. The largest absolute Gasteiger partial charge is 0.311 e. The van der Waals surface area contributed by atoms with Crippen LogP contribution in [0, 0.1) is 0 Å².